The Morgan fingerprint density at radius 3 is 2.53 bits per heavy atom. The lowest BCUT2D eigenvalue weighted by atomic mass is 10.3. The summed E-state index contributed by atoms with van der Waals surface area (Å²) < 4.78 is 25.1. The molecule has 9 heteroatoms. The summed E-state index contributed by atoms with van der Waals surface area (Å²) >= 11 is 0. The molecular weight excluding hydrogens is 272 g/mol. The molecule has 0 unspecified atom stereocenters. The van der Waals surface area contributed by atoms with Crippen molar-refractivity contribution < 1.29 is 13.3 Å². The molecule has 8 nitrogen and oxygen atoms in total. The van der Waals surface area contributed by atoms with Crippen LogP contribution in [0.2, 0.25) is 0 Å². The van der Waals surface area contributed by atoms with E-state index in [1.807, 2.05) is 0 Å². The maximum absolute atomic E-state index is 12.0. The number of nitrogens with zero attached hydrogens (tertiary/aromatic N) is 3. The summed E-state index contributed by atoms with van der Waals surface area (Å²) in [5.41, 5.74) is 0.148. The van der Waals surface area contributed by atoms with Crippen LogP contribution in [0, 0.1) is 17.0 Å². The number of fused-ring (bicyclic) bond motifs is 1. The normalized spacial score (nSPS) is 12.2. The summed E-state index contributed by atoms with van der Waals surface area (Å²) in [7, 11) is -1.00. The molecule has 0 aliphatic heterocycles. The van der Waals surface area contributed by atoms with E-state index in [1.165, 1.54) is 20.2 Å². The predicted octanol–water partition coefficient (Wildman–Crippen LogP) is 1.03. The number of aromatic amines is 1. The zero-order chi connectivity index (χ0) is 14.4. The average Bonchev–Trinajstić information content (AvgIpc) is 2.66. The standard InChI is InChI=1S/C10H12N4O4S/c1-6-11-8-4-7(19(17,18)13(2)3)5-9(14(15)16)10(8)12-6/h4-5H,1-3H3,(H,11,12). The van der Waals surface area contributed by atoms with Crippen molar-refractivity contribution in [1.29, 1.82) is 0 Å². The maximum Gasteiger partial charge on any atom is 0.298 e. The van der Waals surface area contributed by atoms with Gasteiger partial charge in [-0.1, -0.05) is 0 Å². The number of H-pyrrole nitrogens is 1. The number of aromatic nitrogens is 2. The smallest absolute Gasteiger partial charge is 0.298 e. The summed E-state index contributed by atoms with van der Waals surface area (Å²) in [6.07, 6.45) is 0. The molecular formula is C10H12N4O4S. The van der Waals surface area contributed by atoms with Crippen LogP contribution in [-0.2, 0) is 10.0 Å². The Balaban J connectivity index is 2.83. The highest BCUT2D eigenvalue weighted by Gasteiger charge is 2.24. The number of imidazole rings is 1. The highest BCUT2D eigenvalue weighted by atomic mass is 32.2. The topological polar surface area (TPSA) is 109 Å². The fraction of sp³-hybridized carbons (Fsp3) is 0.300. The maximum atomic E-state index is 12.0. The van der Waals surface area contributed by atoms with Crippen LogP contribution in [0.15, 0.2) is 17.0 Å². The Hall–Kier alpha value is -2.00. The van der Waals surface area contributed by atoms with Crippen LogP contribution in [0.1, 0.15) is 5.82 Å². The van der Waals surface area contributed by atoms with E-state index in [0.717, 1.165) is 10.4 Å². The molecule has 0 bridgehead atoms. The zero-order valence-corrected chi connectivity index (χ0v) is 11.4. The number of nitro groups is 1. The largest absolute Gasteiger partial charge is 0.342 e. The average molecular weight is 284 g/mol. The molecule has 2 aromatic rings. The van der Waals surface area contributed by atoms with E-state index in [4.69, 9.17) is 0 Å². The van der Waals surface area contributed by atoms with E-state index in [-0.39, 0.29) is 16.1 Å². The number of rotatable bonds is 3. The minimum atomic E-state index is -3.73. The van der Waals surface area contributed by atoms with Gasteiger partial charge in [0.05, 0.1) is 15.3 Å². The first-order valence-electron chi connectivity index (χ1n) is 5.31. The van der Waals surface area contributed by atoms with Crippen molar-refractivity contribution in [3.8, 4) is 0 Å². The second-order valence-corrected chi connectivity index (χ2v) is 6.36. The number of sulfonamides is 1. The molecule has 0 amide bonds. The van der Waals surface area contributed by atoms with E-state index in [9.17, 15) is 18.5 Å². The van der Waals surface area contributed by atoms with Crippen LogP contribution >= 0.6 is 0 Å². The van der Waals surface area contributed by atoms with Crippen LogP contribution in [0.3, 0.4) is 0 Å². The summed E-state index contributed by atoms with van der Waals surface area (Å²) in [5, 5.41) is 11.0. The van der Waals surface area contributed by atoms with Crippen molar-refractivity contribution in [3.63, 3.8) is 0 Å². The fourth-order valence-electron chi connectivity index (χ4n) is 1.70. The first-order chi connectivity index (χ1) is 8.73. The molecule has 0 aliphatic carbocycles. The van der Waals surface area contributed by atoms with Gasteiger partial charge >= 0.3 is 0 Å². The molecule has 0 aliphatic rings. The number of hydrogen-bond donors (Lipinski definition) is 1. The van der Waals surface area contributed by atoms with Gasteiger partial charge < -0.3 is 4.98 Å². The van der Waals surface area contributed by atoms with Crippen molar-refractivity contribution >= 4 is 26.7 Å². The van der Waals surface area contributed by atoms with E-state index < -0.39 is 14.9 Å². The lowest BCUT2D eigenvalue weighted by Crippen LogP contribution is -2.22. The fourth-order valence-corrected chi connectivity index (χ4v) is 2.64. The number of benzene rings is 1. The molecule has 2 rings (SSSR count). The minimum absolute atomic E-state index is 0.139. The molecule has 19 heavy (non-hydrogen) atoms. The van der Waals surface area contributed by atoms with Crippen molar-refractivity contribution in [2.75, 3.05) is 14.1 Å². The second kappa shape index (κ2) is 4.28. The quantitative estimate of drug-likeness (QED) is 0.668. The van der Waals surface area contributed by atoms with E-state index >= 15 is 0 Å². The number of nitrogens with one attached hydrogen (secondary N) is 1. The van der Waals surface area contributed by atoms with Gasteiger partial charge in [-0.3, -0.25) is 10.1 Å². The zero-order valence-electron chi connectivity index (χ0n) is 10.5. The van der Waals surface area contributed by atoms with Gasteiger partial charge in [0.25, 0.3) is 5.69 Å². The summed E-state index contributed by atoms with van der Waals surface area (Å²) in [5.74, 6) is 0.484. The van der Waals surface area contributed by atoms with Gasteiger partial charge in [-0.15, -0.1) is 0 Å². The summed E-state index contributed by atoms with van der Waals surface area (Å²) in [6, 6.07) is 2.37. The Labute approximate surface area is 109 Å². The van der Waals surface area contributed by atoms with Gasteiger partial charge in [-0.25, -0.2) is 17.7 Å². The number of aryl methyl sites for hydroxylation is 1. The van der Waals surface area contributed by atoms with Crippen molar-refractivity contribution in [2.45, 2.75) is 11.8 Å². The van der Waals surface area contributed by atoms with Crippen molar-refractivity contribution in [3.05, 3.63) is 28.1 Å². The van der Waals surface area contributed by atoms with Crippen LogP contribution in [-0.4, -0.2) is 41.7 Å². The number of nitro benzene ring substituents is 1. The molecule has 0 atom stereocenters. The third-order valence-electron chi connectivity index (χ3n) is 2.63. The number of non-ortho nitro benzene ring substituents is 1. The van der Waals surface area contributed by atoms with E-state index in [1.54, 1.807) is 6.92 Å². The highest BCUT2D eigenvalue weighted by Crippen LogP contribution is 2.28. The Bertz CT molecular complexity index is 763. The van der Waals surface area contributed by atoms with Crippen LogP contribution < -0.4 is 0 Å². The Kier molecular flexibility index (Phi) is 3.03. The Morgan fingerprint density at radius 2 is 2.00 bits per heavy atom. The van der Waals surface area contributed by atoms with E-state index in [2.05, 4.69) is 9.97 Å². The van der Waals surface area contributed by atoms with Gasteiger partial charge in [0.2, 0.25) is 10.0 Å². The van der Waals surface area contributed by atoms with Crippen LogP contribution in [0.4, 0.5) is 5.69 Å². The SMILES string of the molecule is Cc1nc2c([N+](=O)[O-])cc(S(=O)(=O)N(C)C)cc2[nH]1. The monoisotopic (exact) mass is 284 g/mol. The first kappa shape index (κ1) is 13.4. The molecule has 0 radical (unpaired) electrons. The third-order valence-corrected chi connectivity index (χ3v) is 4.43. The third kappa shape index (κ3) is 2.17. The van der Waals surface area contributed by atoms with Gasteiger partial charge in [0.15, 0.2) is 5.52 Å². The minimum Gasteiger partial charge on any atom is -0.342 e. The molecule has 1 N–H and O–H groups in total. The van der Waals surface area contributed by atoms with Crippen molar-refractivity contribution in [1.82, 2.24) is 14.3 Å². The van der Waals surface area contributed by atoms with Gasteiger partial charge in [0, 0.05) is 20.2 Å². The van der Waals surface area contributed by atoms with Crippen LogP contribution in [0.25, 0.3) is 11.0 Å². The molecule has 102 valence electrons. The van der Waals surface area contributed by atoms with Gasteiger partial charge in [-0.05, 0) is 13.0 Å². The molecule has 0 spiro atoms. The first-order valence-corrected chi connectivity index (χ1v) is 6.75. The molecule has 0 saturated heterocycles. The van der Waals surface area contributed by atoms with Gasteiger partial charge in [-0.2, -0.15) is 0 Å². The summed E-state index contributed by atoms with van der Waals surface area (Å²) in [4.78, 5) is 17.0. The lowest BCUT2D eigenvalue weighted by molar-refractivity contribution is -0.383. The van der Waals surface area contributed by atoms with E-state index in [0.29, 0.717) is 11.3 Å². The molecule has 1 aromatic heterocycles. The molecule has 0 fully saturated rings. The predicted molar refractivity (Wildman–Crippen MR) is 68.4 cm³/mol. The number of hydrogen-bond acceptors (Lipinski definition) is 5. The van der Waals surface area contributed by atoms with Gasteiger partial charge in [0.1, 0.15) is 5.82 Å². The molecule has 1 heterocycles. The molecule has 1 aromatic carbocycles. The second-order valence-electron chi connectivity index (χ2n) is 4.21. The Morgan fingerprint density at radius 1 is 1.37 bits per heavy atom. The van der Waals surface area contributed by atoms with Crippen molar-refractivity contribution in [2.24, 2.45) is 0 Å². The summed E-state index contributed by atoms with van der Waals surface area (Å²) in [6.45, 7) is 1.64. The highest BCUT2D eigenvalue weighted by molar-refractivity contribution is 7.89. The van der Waals surface area contributed by atoms with Crippen LogP contribution in [0.5, 0.6) is 0 Å². The molecule has 0 saturated carbocycles. The lowest BCUT2D eigenvalue weighted by Gasteiger charge is -2.10.